The van der Waals surface area contributed by atoms with Gasteiger partial charge < -0.3 is 4.74 Å². The fraction of sp³-hybridized carbons (Fsp3) is 0.647. The molecule has 0 atom stereocenters. The van der Waals surface area contributed by atoms with Crippen LogP contribution < -0.4 is 4.74 Å². The summed E-state index contributed by atoms with van der Waals surface area (Å²) in [5.41, 5.74) is 2.55. The summed E-state index contributed by atoms with van der Waals surface area (Å²) in [5.74, 6) is 2.30. The highest BCUT2D eigenvalue weighted by atomic mass is 35.5. The Morgan fingerprint density at radius 1 is 1.30 bits per heavy atom. The van der Waals surface area contributed by atoms with Crippen molar-refractivity contribution in [2.24, 2.45) is 5.41 Å². The van der Waals surface area contributed by atoms with E-state index in [1.807, 2.05) is 6.07 Å². The van der Waals surface area contributed by atoms with Crippen molar-refractivity contribution < 1.29 is 4.74 Å². The molecule has 1 saturated carbocycles. The van der Waals surface area contributed by atoms with Crippen molar-refractivity contribution in [1.29, 1.82) is 0 Å². The first-order valence-electron chi connectivity index (χ1n) is 7.51. The SMILES string of the molecule is Cc1cc(Cl)c(C(C)C)cc1OCC1(CS)CCCC1. The highest BCUT2D eigenvalue weighted by Gasteiger charge is 2.33. The lowest BCUT2D eigenvalue weighted by Gasteiger charge is -2.27. The number of rotatable bonds is 5. The second-order valence-corrected chi connectivity index (χ2v) is 7.17. The van der Waals surface area contributed by atoms with E-state index in [0.29, 0.717) is 5.92 Å². The number of ether oxygens (including phenoxy) is 1. The molecule has 0 aliphatic heterocycles. The molecule has 3 heteroatoms. The lowest BCUT2D eigenvalue weighted by Crippen LogP contribution is -2.27. The van der Waals surface area contributed by atoms with Gasteiger partial charge in [-0.3, -0.25) is 0 Å². The molecular formula is C17H25ClOS. The molecule has 112 valence electrons. The smallest absolute Gasteiger partial charge is 0.122 e. The summed E-state index contributed by atoms with van der Waals surface area (Å²) in [6, 6.07) is 4.14. The minimum atomic E-state index is 0.271. The first-order chi connectivity index (χ1) is 9.47. The maximum atomic E-state index is 6.31. The quantitative estimate of drug-likeness (QED) is 0.692. The van der Waals surface area contributed by atoms with Crippen molar-refractivity contribution >= 4 is 24.2 Å². The van der Waals surface area contributed by atoms with Gasteiger partial charge >= 0.3 is 0 Å². The van der Waals surface area contributed by atoms with Crippen molar-refractivity contribution in [3.63, 3.8) is 0 Å². The lowest BCUT2D eigenvalue weighted by molar-refractivity contribution is 0.172. The van der Waals surface area contributed by atoms with Gasteiger partial charge in [-0.25, -0.2) is 0 Å². The summed E-state index contributed by atoms with van der Waals surface area (Å²) in [7, 11) is 0. The molecule has 0 N–H and O–H groups in total. The van der Waals surface area contributed by atoms with Gasteiger partial charge in [-0.2, -0.15) is 12.6 Å². The Bertz CT molecular complexity index is 464. The number of aryl methyl sites for hydroxylation is 1. The van der Waals surface area contributed by atoms with Crippen molar-refractivity contribution in [1.82, 2.24) is 0 Å². The van der Waals surface area contributed by atoms with Gasteiger partial charge in [0.05, 0.1) is 6.61 Å². The largest absolute Gasteiger partial charge is 0.493 e. The van der Waals surface area contributed by atoms with E-state index in [-0.39, 0.29) is 5.41 Å². The molecule has 2 rings (SSSR count). The van der Waals surface area contributed by atoms with Crippen LogP contribution in [0.3, 0.4) is 0 Å². The van der Waals surface area contributed by atoms with Gasteiger partial charge in [0.2, 0.25) is 0 Å². The van der Waals surface area contributed by atoms with Gasteiger partial charge in [0.1, 0.15) is 5.75 Å². The van der Waals surface area contributed by atoms with E-state index in [1.165, 1.54) is 31.2 Å². The first-order valence-corrected chi connectivity index (χ1v) is 8.52. The Morgan fingerprint density at radius 3 is 2.50 bits per heavy atom. The maximum Gasteiger partial charge on any atom is 0.122 e. The zero-order valence-corrected chi connectivity index (χ0v) is 14.4. The molecule has 1 nitrogen and oxygen atoms in total. The van der Waals surface area contributed by atoms with E-state index < -0.39 is 0 Å². The second-order valence-electron chi connectivity index (χ2n) is 6.45. The average Bonchev–Trinajstić information content (AvgIpc) is 2.87. The molecule has 0 bridgehead atoms. The fourth-order valence-electron chi connectivity index (χ4n) is 2.97. The van der Waals surface area contributed by atoms with Gasteiger partial charge in [-0.15, -0.1) is 0 Å². The topological polar surface area (TPSA) is 9.23 Å². The molecule has 0 spiro atoms. The van der Waals surface area contributed by atoms with Crippen molar-refractivity contribution in [3.8, 4) is 5.75 Å². The van der Waals surface area contributed by atoms with Gasteiger partial charge in [-0.05, 0) is 54.7 Å². The highest BCUT2D eigenvalue weighted by Crippen LogP contribution is 2.40. The monoisotopic (exact) mass is 312 g/mol. The average molecular weight is 313 g/mol. The number of halogens is 1. The predicted molar refractivity (Wildman–Crippen MR) is 90.5 cm³/mol. The highest BCUT2D eigenvalue weighted by molar-refractivity contribution is 7.80. The van der Waals surface area contributed by atoms with E-state index in [0.717, 1.165) is 28.7 Å². The molecule has 1 aromatic carbocycles. The molecule has 0 aromatic heterocycles. The number of hydrogen-bond acceptors (Lipinski definition) is 2. The number of thiol groups is 1. The molecule has 0 saturated heterocycles. The molecule has 1 fully saturated rings. The number of benzene rings is 1. The van der Waals surface area contributed by atoms with Gasteiger partial charge in [0, 0.05) is 10.4 Å². The van der Waals surface area contributed by atoms with Crippen molar-refractivity contribution in [2.75, 3.05) is 12.4 Å². The van der Waals surface area contributed by atoms with Crippen LogP contribution in [-0.4, -0.2) is 12.4 Å². The van der Waals surface area contributed by atoms with Crippen LogP contribution in [0, 0.1) is 12.3 Å². The molecule has 0 heterocycles. The second kappa shape index (κ2) is 6.62. The standard InChI is InChI=1S/C17H25ClOS/c1-12(2)14-9-16(13(3)8-15(14)18)19-10-17(11-20)6-4-5-7-17/h8-9,12,20H,4-7,10-11H2,1-3H3. The molecule has 0 amide bonds. The van der Waals surface area contributed by atoms with Crippen LogP contribution in [0.4, 0.5) is 0 Å². The van der Waals surface area contributed by atoms with Gasteiger partial charge in [0.25, 0.3) is 0 Å². The Balaban J connectivity index is 2.14. The Kier molecular flexibility index (Phi) is 5.30. The maximum absolute atomic E-state index is 6.31. The van der Waals surface area contributed by atoms with Crippen molar-refractivity contribution in [2.45, 2.75) is 52.4 Å². The van der Waals surface area contributed by atoms with Crippen LogP contribution in [0.15, 0.2) is 12.1 Å². The van der Waals surface area contributed by atoms with E-state index in [2.05, 4.69) is 39.5 Å². The normalized spacial score (nSPS) is 17.7. The zero-order valence-electron chi connectivity index (χ0n) is 12.7. The molecule has 20 heavy (non-hydrogen) atoms. The Morgan fingerprint density at radius 2 is 1.95 bits per heavy atom. The van der Waals surface area contributed by atoms with Crippen LogP contribution in [0.2, 0.25) is 5.02 Å². The Labute approximate surface area is 133 Å². The third-order valence-corrected chi connectivity index (χ3v) is 5.45. The summed E-state index contributed by atoms with van der Waals surface area (Å²) < 4.78 is 6.15. The van der Waals surface area contributed by atoms with E-state index in [4.69, 9.17) is 16.3 Å². The summed E-state index contributed by atoms with van der Waals surface area (Å²) in [6.07, 6.45) is 5.09. The number of hydrogen-bond donors (Lipinski definition) is 1. The first kappa shape index (κ1) is 16.0. The van der Waals surface area contributed by atoms with Gasteiger partial charge in [-0.1, -0.05) is 38.3 Å². The van der Waals surface area contributed by atoms with Gasteiger partial charge in [0.15, 0.2) is 0 Å². The summed E-state index contributed by atoms with van der Waals surface area (Å²) >= 11 is 10.9. The third-order valence-electron chi connectivity index (χ3n) is 4.45. The third kappa shape index (κ3) is 3.46. The van der Waals surface area contributed by atoms with E-state index >= 15 is 0 Å². The minimum absolute atomic E-state index is 0.271. The molecule has 0 unspecified atom stereocenters. The van der Waals surface area contributed by atoms with Crippen LogP contribution in [0.5, 0.6) is 5.75 Å². The minimum Gasteiger partial charge on any atom is -0.493 e. The van der Waals surface area contributed by atoms with Crippen LogP contribution in [0.1, 0.15) is 56.6 Å². The van der Waals surface area contributed by atoms with Crippen LogP contribution >= 0.6 is 24.2 Å². The molecule has 1 aliphatic carbocycles. The predicted octanol–water partition coefficient (Wildman–Crippen LogP) is 5.64. The lowest BCUT2D eigenvalue weighted by atomic mass is 9.90. The zero-order chi connectivity index (χ0) is 14.8. The summed E-state index contributed by atoms with van der Waals surface area (Å²) in [6.45, 7) is 7.16. The van der Waals surface area contributed by atoms with Crippen LogP contribution in [-0.2, 0) is 0 Å². The summed E-state index contributed by atoms with van der Waals surface area (Å²) in [4.78, 5) is 0. The molecular weight excluding hydrogens is 288 g/mol. The molecule has 1 aliphatic rings. The molecule has 0 radical (unpaired) electrons. The van der Waals surface area contributed by atoms with Crippen molar-refractivity contribution in [3.05, 3.63) is 28.3 Å². The molecule has 1 aromatic rings. The fourth-order valence-corrected chi connectivity index (χ4v) is 3.81. The van der Waals surface area contributed by atoms with Crippen LogP contribution in [0.25, 0.3) is 0 Å². The van der Waals surface area contributed by atoms with E-state index in [1.54, 1.807) is 0 Å². The van der Waals surface area contributed by atoms with E-state index in [9.17, 15) is 0 Å². The Hall–Kier alpha value is -0.340. The summed E-state index contributed by atoms with van der Waals surface area (Å²) in [5, 5.41) is 0.842.